The van der Waals surface area contributed by atoms with E-state index in [1.54, 1.807) is 13.1 Å². The normalized spacial score (nSPS) is 17.0. The van der Waals surface area contributed by atoms with Crippen molar-refractivity contribution >= 4 is 27.3 Å². The number of hydrogen-bond donors (Lipinski definition) is 2. The average Bonchev–Trinajstić information content (AvgIpc) is 3.10. The first-order valence-corrected chi connectivity index (χ1v) is 12.2. The number of rotatable bonds is 10. The molecule has 0 bridgehead atoms. The van der Waals surface area contributed by atoms with Gasteiger partial charge in [-0.15, -0.1) is 11.3 Å². The lowest BCUT2D eigenvalue weighted by molar-refractivity contribution is 0.131. The molecule has 2 N–H and O–H groups in total. The molecule has 1 fully saturated rings. The monoisotopic (exact) mass is 414 g/mol. The van der Waals surface area contributed by atoms with Gasteiger partial charge in [-0.3, -0.25) is 4.99 Å². The minimum atomic E-state index is -3.36. The maximum Gasteiger partial charge on any atom is 0.252 e. The van der Waals surface area contributed by atoms with Gasteiger partial charge in [-0.05, 0) is 43.2 Å². The van der Waals surface area contributed by atoms with Crippen LogP contribution in [0.15, 0.2) is 21.3 Å². The highest BCUT2D eigenvalue weighted by molar-refractivity contribution is 7.91. The first-order valence-electron chi connectivity index (χ1n) is 9.94. The van der Waals surface area contributed by atoms with Gasteiger partial charge in [0.05, 0.1) is 0 Å². The molecule has 1 aromatic rings. The van der Waals surface area contributed by atoms with Crippen molar-refractivity contribution in [2.45, 2.75) is 57.1 Å². The molecule has 0 unspecified atom stereocenters. The van der Waals surface area contributed by atoms with Crippen molar-refractivity contribution in [3.8, 4) is 0 Å². The molecule has 0 radical (unpaired) electrons. The van der Waals surface area contributed by atoms with Crippen LogP contribution in [0.5, 0.6) is 0 Å². The molecule has 0 amide bonds. The summed E-state index contributed by atoms with van der Waals surface area (Å²) >= 11 is 1.36. The van der Waals surface area contributed by atoms with Gasteiger partial charge in [0.2, 0.25) is 0 Å². The molecule has 1 heterocycles. The maximum absolute atomic E-state index is 12.6. The first kappa shape index (κ1) is 22.2. The van der Waals surface area contributed by atoms with Gasteiger partial charge >= 0.3 is 0 Å². The van der Waals surface area contributed by atoms with Crippen molar-refractivity contribution in [1.29, 1.82) is 0 Å². The molecule has 0 saturated heterocycles. The van der Waals surface area contributed by atoms with Crippen molar-refractivity contribution in [2.75, 3.05) is 33.2 Å². The summed E-state index contributed by atoms with van der Waals surface area (Å²) in [6.45, 7) is 8.68. The molecule has 1 aromatic heterocycles. The Morgan fingerprint density at radius 3 is 2.44 bits per heavy atom. The Balaban J connectivity index is 1.84. The van der Waals surface area contributed by atoms with Crippen molar-refractivity contribution in [1.82, 2.24) is 14.9 Å². The van der Waals surface area contributed by atoms with E-state index < -0.39 is 10.0 Å². The number of guanidine groups is 1. The Hall–Kier alpha value is -1.12. The van der Waals surface area contributed by atoms with E-state index in [1.807, 2.05) is 19.9 Å². The van der Waals surface area contributed by atoms with Crippen LogP contribution in [0.25, 0.3) is 0 Å². The topological polar surface area (TPSA) is 73.8 Å². The molecule has 6 nitrogen and oxygen atoms in total. The van der Waals surface area contributed by atoms with Gasteiger partial charge in [0.25, 0.3) is 10.0 Å². The third-order valence-corrected chi connectivity index (χ3v) is 9.28. The third kappa shape index (κ3) is 5.45. The minimum Gasteiger partial charge on any atom is -0.356 e. The molecular weight excluding hydrogens is 380 g/mol. The molecule has 0 atom stereocenters. The van der Waals surface area contributed by atoms with Crippen LogP contribution in [0.1, 0.15) is 51.3 Å². The number of aliphatic imine (C=N–C) groups is 1. The predicted octanol–water partition coefficient (Wildman–Crippen LogP) is 3.07. The van der Waals surface area contributed by atoms with Crippen LogP contribution >= 0.6 is 11.3 Å². The van der Waals surface area contributed by atoms with E-state index in [1.165, 1.54) is 41.3 Å². The highest BCUT2D eigenvalue weighted by atomic mass is 32.2. The maximum atomic E-state index is 12.6. The lowest BCUT2D eigenvalue weighted by Gasteiger charge is -2.41. The van der Waals surface area contributed by atoms with E-state index >= 15 is 0 Å². The average molecular weight is 415 g/mol. The summed E-state index contributed by atoms with van der Waals surface area (Å²) in [4.78, 5) is 5.36. The zero-order chi connectivity index (χ0) is 19.9. The molecule has 0 aromatic carbocycles. The Morgan fingerprint density at radius 1 is 1.22 bits per heavy atom. The molecular formula is C19H34N4O2S2. The summed E-state index contributed by atoms with van der Waals surface area (Å²) in [6.07, 6.45) is 5.91. The SMILES string of the molecule is CCN(CC)S(=O)(=O)c1ccc(CCNC(=NC)NCC2(CC)CCC2)s1. The van der Waals surface area contributed by atoms with Crippen LogP contribution in [-0.2, 0) is 16.4 Å². The second-order valence-electron chi connectivity index (χ2n) is 7.12. The van der Waals surface area contributed by atoms with Gasteiger partial charge in [0, 0.05) is 38.1 Å². The van der Waals surface area contributed by atoms with Crippen LogP contribution in [0, 0.1) is 5.41 Å². The second-order valence-corrected chi connectivity index (χ2v) is 10.5. The highest BCUT2D eigenvalue weighted by Gasteiger charge is 2.34. The fourth-order valence-electron chi connectivity index (χ4n) is 3.45. The number of nitrogens with one attached hydrogen (secondary N) is 2. The summed E-state index contributed by atoms with van der Waals surface area (Å²) in [5, 5.41) is 6.79. The van der Waals surface area contributed by atoms with Gasteiger partial charge < -0.3 is 10.6 Å². The Bertz CT molecular complexity index is 714. The predicted molar refractivity (Wildman–Crippen MR) is 114 cm³/mol. The van der Waals surface area contributed by atoms with E-state index in [9.17, 15) is 8.42 Å². The summed E-state index contributed by atoms with van der Waals surface area (Å²) in [5.74, 6) is 0.822. The van der Waals surface area contributed by atoms with Crippen LogP contribution in [-0.4, -0.2) is 51.9 Å². The summed E-state index contributed by atoms with van der Waals surface area (Å²) in [7, 11) is -1.57. The van der Waals surface area contributed by atoms with Crippen molar-refractivity contribution in [2.24, 2.45) is 10.4 Å². The van der Waals surface area contributed by atoms with Crippen LogP contribution < -0.4 is 10.6 Å². The van der Waals surface area contributed by atoms with Gasteiger partial charge in [-0.1, -0.05) is 27.2 Å². The molecule has 1 saturated carbocycles. The van der Waals surface area contributed by atoms with Gasteiger partial charge in [-0.2, -0.15) is 4.31 Å². The quantitative estimate of drug-likeness (QED) is 0.456. The van der Waals surface area contributed by atoms with E-state index in [0.29, 0.717) is 22.7 Å². The standard InChI is InChI=1S/C19H34N4O2S2/c1-5-19(12-8-13-19)15-22-18(20-4)21-14-11-16-9-10-17(26-16)27(24,25)23(6-2)7-3/h9-10H,5-8,11-15H2,1-4H3,(H2,20,21,22). The van der Waals surface area contributed by atoms with Crippen LogP contribution in [0.2, 0.25) is 0 Å². The van der Waals surface area contributed by atoms with E-state index in [2.05, 4.69) is 22.5 Å². The zero-order valence-corrected chi connectivity index (χ0v) is 18.7. The van der Waals surface area contributed by atoms with Gasteiger partial charge in [0.1, 0.15) is 4.21 Å². The number of nitrogens with zero attached hydrogens (tertiary/aromatic N) is 2. The molecule has 154 valence electrons. The molecule has 1 aliphatic carbocycles. The Kier molecular flexibility index (Phi) is 8.12. The van der Waals surface area contributed by atoms with Gasteiger partial charge in [-0.25, -0.2) is 8.42 Å². The summed E-state index contributed by atoms with van der Waals surface area (Å²) in [6, 6.07) is 3.64. The summed E-state index contributed by atoms with van der Waals surface area (Å²) in [5.41, 5.74) is 0.444. The Morgan fingerprint density at radius 2 is 1.93 bits per heavy atom. The Labute approximate surface area is 168 Å². The van der Waals surface area contributed by atoms with E-state index in [4.69, 9.17) is 0 Å². The molecule has 8 heteroatoms. The zero-order valence-electron chi connectivity index (χ0n) is 17.0. The largest absolute Gasteiger partial charge is 0.356 e. The fourth-order valence-corrected chi connectivity index (χ4v) is 6.42. The van der Waals surface area contributed by atoms with Crippen molar-refractivity contribution in [3.63, 3.8) is 0 Å². The fraction of sp³-hybridized carbons (Fsp3) is 0.737. The minimum absolute atomic E-state index is 0.429. The highest BCUT2D eigenvalue weighted by Crippen LogP contribution is 2.42. The molecule has 0 aliphatic heterocycles. The van der Waals surface area contributed by atoms with Crippen LogP contribution in [0.3, 0.4) is 0 Å². The molecule has 27 heavy (non-hydrogen) atoms. The van der Waals surface area contributed by atoms with Crippen molar-refractivity contribution in [3.05, 3.63) is 17.0 Å². The van der Waals surface area contributed by atoms with E-state index in [-0.39, 0.29) is 0 Å². The number of thiophene rings is 1. The lowest BCUT2D eigenvalue weighted by Crippen LogP contribution is -2.46. The summed E-state index contributed by atoms with van der Waals surface area (Å²) < 4.78 is 27.1. The molecule has 2 rings (SSSR count). The second kappa shape index (κ2) is 9.89. The van der Waals surface area contributed by atoms with E-state index in [0.717, 1.165) is 30.3 Å². The third-order valence-electron chi connectivity index (χ3n) is 5.62. The lowest BCUT2D eigenvalue weighted by atomic mass is 9.67. The number of hydrogen-bond acceptors (Lipinski definition) is 4. The van der Waals surface area contributed by atoms with Crippen molar-refractivity contribution < 1.29 is 8.42 Å². The van der Waals surface area contributed by atoms with Gasteiger partial charge in [0.15, 0.2) is 5.96 Å². The smallest absolute Gasteiger partial charge is 0.252 e. The van der Waals surface area contributed by atoms with Crippen LogP contribution in [0.4, 0.5) is 0 Å². The number of sulfonamides is 1. The molecule has 0 spiro atoms. The molecule has 1 aliphatic rings. The first-order chi connectivity index (χ1) is 12.9.